The second kappa shape index (κ2) is 10.00. The number of ether oxygens (including phenoxy) is 1. The van der Waals surface area contributed by atoms with Crippen LogP contribution < -0.4 is 9.64 Å². The van der Waals surface area contributed by atoms with Crippen LogP contribution in [0.4, 0.5) is 5.13 Å². The molecule has 32 heavy (non-hydrogen) atoms. The molecule has 0 radical (unpaired) electrons. The summed E-state index contributed by atoms with van der Waals surface area (Å²) in [4.78, 5) is 7.07. The lowest BCUT2D eigenvalue weighted by Crippen LogP contribution is -2.39. The molecular weight excluding hydrogens is 487 g/mol. The summed E-state index contributed by atoms with van der Waals surface area (Å²) in [6.07, 6.45) is 1.80. The van der Waals surface area contributed by atoms with Gasteiger partial charge in [-0.1, -0.05) is 41.4 Å². The molecule has 4 rings (SSSR count). The number of benzene rings is 2. The van der Waals surface area contributed by atoms with Gasteiger partial charge < -0.3 is 9.64 Å². The van der Waals surface area contributed by atoms with Gasteiger partial charge in [-0.2, -0.15) is 0 Å². The van der Waals surface area contributed by atoms with E-state index in [0.717, 1.165) is 23.0 Å². The second-order valence-electron chi connectivity index (χ2n) is 7.66. The zero-order valence-corrected chi connectivity index (χ0v) is 20.8. The maximum Gasteiger partial charge on any atom is 0.185 e. The highest BCUT2D eigenvalue weighted by molar-refractivity contribution is 7.92. The van der Waals surface area contributed by atoms with Gasteiger partial charge in [-0.15, -0.1) is 11.3 Å². The fourth-order valence-corrected chi connectivity index (χ4v) is 7.22. The zero-order valence-electron chi connectivity index (χ0n) is 17.6. The van der Waals surface area contributed by atoms with Gasteiger partial charge in [-0.25, -0.2) is 13.4 Å². The lowest BCUT2D eigenvalue weighted by Gasteiger charge is -2.31. The molecule has 0 N–H and O–H groups in total. The summed E-state index contributed by atoms with van der Waals surface area (Å²) in [6.45, 7) is 3.89. The van der Waals surface area contributed by atoms with E-state index in [-0.39, 0.29) is 14.9 Å². The van der Waals surface area contributed by atoms with E-state index in [2.05, 4.69) is 22.4 Å². The Morgan fingerprint density at radius 2 is 1.84 bits per heavy atom. The van der Waals surface area contributed by atoms with Gasteiger partial charge in [0.1, 0.15) is 5.75 Å². The lowest BCUT2D eigenvalue weighted by atomic mass is 10.1. The molecule has 3 aromatic rings. The van der Waals surface area contributed by atoms with Crippen molar-refractivity contribution in [3.8, 4) is 5.75 Å². The quantitative estimate of drug-likeness (QED) is 0.397. The van der Waals surface area contributed by atoms with Gasteiger partial charge in [0.15, 0.2) is 15.0 Å². The van der Waals surface area contributed by atoms with Gasteiger partial charge >= 0.3 is 0 Å². The van der Waals surface area contributed by atoms with Crippen molar-refractivity contribution >= 4 is 49.5 Å². The minimum atomic E-state index is -3.53. The number of sulfone groups is 1. The normalized spacial score (nSPS) is 15.2. The van der Waals surface area contributed by atoms with Crippen LogP contribution in [0, 0.1) is 0 Å². The van der Waals surface area contributed by atoms with Gasteiger partial charge in [-0.05, 0) is 49.6 Å². The Morgan fingerprint density at radius 3 is 2.53 bits per heavy atom. The van der Waals surface area contributed by atoms with Crippen LogP contribution in [0.3, 0.4) is 0 Å². The molecule has 0 spiro atoms. The molecule has 1 aliphatic heterocycles. The van der Waals surface area contributed by atoms with E-state index in [1.165, 1.54) is 11.6 Å². The van der Waals surface area contributed by atoms with E-state index in [1.54, 1.807) is 23.5 Å². The summed E-state index contributed by atoms with van der Waals surface area (Å²) in [7, 11) is -3.53. The predicted molar refractivity (Wildman–Crippen MR) is 131 cm³/mol. The maximum atomic E-state index is 13.1. The van der Waals surface area contributed by atoms with Crippen molar-refractivity contribution in [2.45, 2.75) is 36.3 Å². The third-order valence-corrected chi connectivity index (χ3v) is 9.72. The number of anilines is 1. The van der Waals surface area contributed by atoms with Crippen molar-refractivity contribution in [2.75, 3.05) is 24.6 Å². The molecule has 0 amide bonds. The van der Waals surface area contributed by atoms with Crippen molar-refractivity contribution < 1.29 is 13.2 Å². The maximum absolute atomic E-state index is 13.1. The SMILES string of the molecule is CCOc1ccc(Cc2csc(N3CCC(S(=O)(=O)c4cccc(Cl)c4Cl)CC3)n2)cc1. The number of aromatic nitrogens is 1. The Bertz CT molecular complexity index is 1170. The molecular formula is C23H24Cl2N2O3S2. The van der Waals surface area contributed by atoms with Crippen LogP contribution in [0.25, 0.3) is 0 Å². The largest absolute Gasteiger partial charge is 0.494 e. The van der Waals surface area contributed by atoms with E-state index >= 15 is 0 Å². The van der Waals surface area contributed by atoms with Crippen LogP contribution in [-0.4, -0.2) is 38.3 Å². The van der Waals surface area contributed by atoms with Gasteiger partial charge in [0.2, 0.25) is 0 Å². The Hall–Kier alpha value is -1.80. The molecule has 1 fully saturated rings. The highest BCUT2D eigenvalue weighted by Crippen LogP contribution is 2.35. The molecule has 1 aliphatic rings. The first-order valence-electron chi connectivity index (χ1n) is 10.5. The molecule has 0 aliphatic carbocycles. The fraction of sp³-hybridized carbons (Fsp3) is 0.348. The standard InChI is InChI=1S/C23H24Cl2N2O3S2/c1-2-30-18-8-6-16(7-9-18)14-17-15-31-23(26-17)27-12-10-19(11-13-27)32(28,29)21-5-3-4-20(24)22(21)25/h3-9,15,19H,2,10-14H2,1H3. The van der Waals surface area contributed by atoms with E-state index in [9.17, 15) is 8.42 Å². The average molecular weight is 511 g/mol. The second-order valence-corrected chi connectivity index (χ2v) is 11.5. The Labute approximate surface area is 202 Å². The summed E-state index contributed by atoms with van der Waals surface area (Å²) in [6, 6.07) is 12.8. The molecule has 2 heterocycles. The molecule has 0 bridgehead atoms. The van der Waals surface area contributed by atoms with E-state index < -0.39 is 15.1 Å². The molecule has 1 saturated heterocycles. The van der Waals surface area contributed by atoms with Gasteiger partial charge in [0.25, 0.3) is 0 Å². The summed E-state index contributed by atoms with van der Waals surface area (Å²) in [5.74, 6) is 0.868. The zero-order chi connectivity index (χ0) is 22.7. The van der Waals surface area contributed by atoms with Crippen LogP contribution in [0.15, 0.2) is 52.7 Å². The van der Waals surface area contributed by atoms with Gasteiger partial charge in [0.05, 0.1) is 32.5 Å². The average Bonchev–Trinajstić information content (AvgIpc) is 3.25. The Balaban J connectivity index is 1.38. The monoisotopic (exact) mass is 510 g/mol. The first kappa shape index (κ1) is 23.4. The van der Waals surface area contributed by atoms with Crippen LogP contribution in [0.1, 0.15) is 31.0 Å². The summed E-state index contributed by atoms with van der Waals surface area (Å²) >= 11 is 13.8. The lowest BCUT2D eigenvalue weighted by molar-refractivity contribution is 0.340. The molecule has 170 valence electrons. The molecule has 0 saturated carbocycles. The van der Waals surface area contributed by atoms with Crippen LogP contribution in [-0.2, 0) is 16.3 Å². The number of hydrogen-bond donors (Lipinski definition) is 0. The first-order valence-corrected chi connectivity index (χ1v) is 13.7. The number of halogens is 2. The Kier molecular flexibility index (Phi) is 7.30. The summed E-state index contributed by atoms with van der Waals surface area (Å²) in [5.41, 5.74) is 2.18. The molecule has 0 atom stereocenters. The molecule has 5 nitrogen and oxygen atoms in total. The van der Waals surface area contributed by atoms with Crippen LogP contribution >= 0.6 is 34.5 Å². The highest BCUT2D eigenvalue weighted by atomic mass is 35.5. The fourth-order valence-electron chi connectivity index (χ4n) is 3.84. The third-order valence-electron chi connectivity index (χ3n) is 5.53. The number of rotatable bonds is 7. The highest BCUT2D eigenvalue weighted by Gasteiger charge is 2.33. The molecule has 2 aromatic carbocycles. The van der Waals surface area contributed by atoms with Crippen LogP contribution in [0.5, 0.6) is 5.75 Å². The number of piperidine rings is 1. The van der Waals surface area contributed by atoms with Gasteiger partial charge in [-0.3, -0.25) is 0 Å². The van der Waals surface area contributed by atoms with Crippen molar-refractivity contribution in [3.05, 3.63) is 69.1 Å². The van der Waals surface area contributed by atoms with E-state index in [1.807, 2.05) is 19.1 Å². The number of nitrogens with zero attached hydrogens (tertiary/aromatic N) is 2. The summed E-state index contributed by atoms with van der Waals surface area (Å²) < 4.78 is 31.7. The van der Waals surface area contributed by atoms with Crippen molar-refractivity contribution in [2.24, 2.45) is 0 Å². The number of hydrogen-bond acceptors (Lipinski definition) is 6. The molecule has 9 heteroatoms. The van der Waals surface area contributed by atoms with Crippen LogP contribution in [0.2, 0.25) is 10.0 Å². The van der Waals surface area contributed by atoms with Gasteiger partial charge in [0, 0.05) is 24.9 Å². The van der Waals surface area contributed by atoms with Crippen molar-refractivity contribution in [1.82, 2.24) is 4.98 Å². The minimum absolute atomic E-state index is 0.107. The topological polar surface area (TPSA) is 59.5 Å². The third kappa shape index (κ3) is 5.06. The summed E-state index contributed by atoms with van der Waals surface area (Å²) in [5, 5.41) is 2.89. The number of thiazole rings is 1. The van der Waals surface area contributed by atoms with Crippen molar-refractivity contribution in [3.63, 3.8) is 0 Å². The predicted octanol–water partition coefficient (Wildman–Crippen LogP) is 5.88. The molecule has 1 aromatic heterocycles. The Morgan fingerprint density at radius 1 is 1.12 bits per heavy atom. The smallest absolute Gasteiger partial charge is 0.185 e. The minimum Gasteiger partial charge on any atom is -0.494 e. The van der Waals surface area contributed by atoms with Crippen molar-refractivity contribution in [1.29, 1.82) is 0 Å². The van der Waals surface area contributed by atoms with E-state index in [4.69, 9.17) is 32.9 Å². The molecule has 0 unspecified atom stereocenters. The first-order chi connectivity index (χ1) is 15.4. The van der Waals surface area contributed by atoms with E-state index in [0.29, 0.717) is 32.5 Å².